The Morgan fingerprint density at radius 1 is 1.26 bits per heavy atom. The van der Waals surface area contributed by atoms with Crippen LogP contribution < -0.4 is 15.4 Å². The van der Waals surface area contributed by atoms with Gasteiger partial charge in [-0.25, -0.2) is 0 Å². The molecule has 5 nitrogen and oxygen atoms in total. The summed E-state index contributed by atoms with van der Waals surface area (Å²) >= 11 is 8.79. The molecular weight excluding hydrogens is 494 g/mol. The summed E-state index contributed by atoms with van der Waals surface area (Å²) in [6.07, 6.45) is 0.656. The molecular formula is C19H21Br2N3O2S. The van der Waals surface area contributed by atoms with Gasteiger partial charge in [-0.3, -0.25) is 9.69 Å². The summed E-state index contributed by atoms with van der Waals surface area (Å²) in [7, 11) is 1.63. The van der Waals surface area contributed by atoms with Crippen molar-refractivity contribution in [3.8, 4) is 5.75 Å². The van der Waals surface area contributed by atoms with Crippen LogP contribution in [0.3, 0.4) is 0 Å². The molecule has 1 unspecified atom stereocenters. The molecule has 0 saturated carbocycles. The third kappa shape index (κ3) is 3.41. The van der Waals surface area contributed by atoms with E-state index in [0.717, 1.165) is 50.3 Å². The highest BCUT2D eigenvalue weighted by Crippen LogP contribution is 2.42. The topological polar surface area (TPSA) is 53.6 Å². The van der Waals surface area contributed by atoms with Gasteiger partial charge in [0.25, 0.3) is 5.91 Å². The smallest absolute Gasteiger partial charge is 0.256 e. The molecule has 27 heavy (non-hydrogen) atoms. The van der Waals surface area contributed by atoms with E-state index in [9.17, 15) is 4.79 Å². The fourth-order valence-corrected chi connectivity index (χ4v) is 6.53. The molecule has 2 N–H and O–H groups in total. The second-order valence-corrected chi connectivity index (χ2v) is 9.90. The van der Waals surface area contributed by atoms with Crippen molar-refractivity contribution in [2.75, 3.05) is 19.0 Å². The number of anilines is 1. The van der Waals surface area contributed by atoms with E-state index < -0.39 is 0 Å². The molecule has 2 aliphatic rings. The van der Waals surface area contributed by atoms with Crippen LogP contribution >= 0.6 is 43.2 Å². The maximum absolute atomic E-state index is 12.9. The minimum atomic E-state index is -0.273. The van der Waals surface area contributed by atoms with Gasteiger partial charge < -0.3 is 15.4 Å². The zero-order chi connectivity index (χ0) is 19.3. The molecule has 4 rings (SSSR count). The number of benzene rings is 1. The largest absolute Gasteiger partial charge is 0.494 e. The van der Waals surface area contributed by atoms with Crippen LogP contribution in [0.25, 0.3) is 0 Å². The number of fused-ring (bicyclic) bond motifs is 3. The first-order valence-electron chi connectivity index (χ1n) is 8.88. The Hall–Kier alpha value is -1.09. The summed E-state index contributed by atoms with van der Waals surface area (Å²) in [5.74, 6) is 0.745. The number of carbonyl (C=O) groups excluding carboxylic acids is 1. The standard InChI is InChI=1S/C19H21Br2N3O2S/c1-9(2)24-5-4-11-14(8-24)27-19-15(11)18(25)22-17(23-19)10-6-12(20)16(26-3)13(21)7-10/h6-7,9,17,23H,4-5,8H2,1-3H3,(H,22,25). The van der Waals surface area contributed by atoms with Crippen molar-refractivity contribution >= 4 is 54.1 Å². The van der Waals surface area contributed by atoms with Crippen molar-refractivity contribution in [2.45, 2.75) is 39.0 Å². The second kappa shape index (κ2) is 7.39. The summed E-state index contributed by atoms with van der Waals surface area (Å²) in [6, 6.07) is 4.46. The maximum atomic E-state index is 12.9. The average molecular weight is 515 g/mol. The Morgan fingerprint density at radius 2 is 1.96 bits per heavy atom. The van der Waals surface area contributed by atoms with Gasteiger partial charge in [-0.05, 0) is 75.4 Å². The Kier molecular flexibility index (Phi) is 5.26. The number of halogens is 2. The van der Waals surface area contributed by atoms with Crippen LogP contribution in [0.2, 0.25) is 0 Å². The van der Waals surface area contributed by atoms with Gasteiger partial charge in [0.05, 0.1) is 21.6 Å². The predicted molar refractivity (Wildman–Crippen MR) is 116 cm³/mol. The lowest BCUT2D eigenvalue weighted by Gasteiger charge is -2.31. The van der Waals surface area contributed by atoms with Crippen LogP contribution in [0, 0.1) is 0 Å². The highest BCUT2D eigenvalue weighted by molar-refractivity contribution is 9.11. The average Bonchev–Trinajstić information content (AvgIpc) is 2.99. The first kappa shape index (κ1) is 19.2. The first-order valence-corrected chi connectivity index (χ1v) is 11.3. The van der Waals surface area contributed by atoms with Crippen molar-refractivity contribution in [3.05, 3.63) is 42.6 Å². The number of nitrogens with one attached hydrogen (secondary N) is 2. The van der Waals surface area contributed by atoms with Gasteiger partial charge in [-0.1, -0.05) is 0 Å². The molecule has 1 aromatic heterocycles. The van der Waals surface area contributed by atoms with Crippen molar-refractivity contribution in [1.82, 2.24) is 10.2 Å². The zero-order valence-electron chi connectivity index (χ0n) is 15.4. The van der Waals surface area contributed by atoms with Gasteiger partial charge in [-0.15, -0.1) is 11.3 Å². The van der Waals surface area contributed by atoms with Gasteiger partial charge >= 0.3 is 0 Å². The minimum absolute atomic E-state index is 0.00677. The molecule has 2 aromatic rings. The van der Waals surface area contributed by atoms with Gasteiger partial charge in [0, 0.05) is 24.0 Å². The minimum Gasteiger partial charge on any atom is -0.494 e. The number of amides is 1. The quantitative estimate of drug-likeness (QED) is 0.611. The summed E-state index contributed by atoms with van der Waals surface area (Å²) in [6.45, 7) is 6.37. The molecule has 0 radical (unpaired) electrons. The number of rotatable bonds is 3. The molecule has 3 heterocycles. The molecule has 144 valence electrons. The van der Waals surface area contributed by atoms with Gasteiger partial charge in [0.1, 0.15) is 16.9 Å². The Morgan fingerprint density at radius 3 is 2.59 bits per heavy atom. The highest BCUT2D eigenvalue weighted by Gasteiger charge is 2.34. The first-order chi connectivity index (χ1) is 12.9. The third-order valence-corrected chi connectivity index (χ3v) is 7.48. The normalized spacial score (nSPS) is 19.3. The molecule has 0 bridgehead atoms. The number of carbonyl (C=O) groups is 1. The highest BCUT2D eigenvalue weighted by atomic mass is 79.9. The van der Waals surface area contributed by atoms with Crippen molar-refractivity contribution in [3.63, 3.8) is 0 Å². The van der Waals surface area contributed by atoms with Gasteiger partial charge in [0.2, 0.25) is 0 Å². The van der Waals surface area contributed by atoms with Crippen LogP contribution in [-0.2, 0) is 13.0 Å². The number of hydrogen-bond donors (Lipinski definition) is 2. The van der Waals surface area contributed by atoms with Crippen molar-refractivity contribution in [2.24, 2.45) is 0 Å². The molecule has 8 heteroatoms. The molecule has 1 aromatic carbocycles. The van der Waals surface area contributed by atoms with Crippen molar-refractivity contribution in [1.29, 1.82) is 0 Å². The van der Waals surface area contributed by atoms with Crippen LogP contribution in [0.15, 0.2) is 21.1 Å². The van der Waals surface area contributed by atoms with E-state index in [1.165, 1.54) is 10.4 Å². The number of nitrogens with zero attached hydrogens (tertiary/aromatic N) is 1. The Balaban J connectivity index is 1.66. The Labute approximate surface area is 179 Å². The van der Waals surface area contributed by atoms with E-state index in [2.05, 4.69) is 61.2 Å². The van der Waals surface area contributed by atoms with Gasteiger partial charge in [-0.2, -0.15) is 0 Å². The molecule has 0 saturated heterocycles. The summed E-state index contributed by atoms with van der Waals surface area (Å²) < 4.78 is 7.06. The Bertz CT molecular complexity index is 890. The van der Waals surface area contributed by atoms with E-state index in [1.807, 2.05) is 12.1 Å². The van der Waals surface area contributed by atoms with E-state index >= 15 is 0 Å². The predicted octanol–water partition coefficient (Wildman–Crippen LogP) is 4.90. The maximum Gasteiger partial charge on any atom is 0.256 e. The SMILES string of the molecule is COc1c(Br)cc(C2NC(=O)c3c(sc4c3CCN(C(C)C)C4)N2)cc1Br. The third-order valence-electron chi connectivity index (χ3n) is 5.15. The van der Waals surface area contributed by atoms with E-state index in [0.29, 0.717) is 6.04 Å². The number of ether oxygens (including phenoxy) is 1. The summed E-state index contributed by atoms with van der Waals surface area (Å²) in [4.78, 5) is 16.7. The monoisotopic (exact) mass is 513 g/mol. The van der Waals surface area contributed by atoms with Crippen LogP contribution in [0.5, 0.6) is 5.75 Å². The molecule has 0 spiro atoms. The zero-order valence-corrected chi connectivity index (χ0v) is 19.3. The van der Waals surface area contributed by atoms with E-state index in [1.54, 1.807) is 18.4 Å². The lowest BCUT2D eigenvalue weighted by molar-refractivity contribution is 0.0934. The number of methoxy groups -OCH3 is 1. The van der Waals surface area contributed by atoms with E-state index in [-0.39, 0.29) is 12.1 Å². The van der Waals surface area contributed by atoms with Crippen LogP contribution in [-0.4, -0.2) is 30.5 Å². The molecule has 0 aliphatic carbocycles. The van der Waals surface area contributed by atoms with Crippen LogP contribution in [0.4, 0.5) is 5.00 Å². The van der Waals surface area contributed by atoms with E-state index in [4.69, 9.17) is 4.74 Å². The van der Waals surface area contributed by atoms with Crippen molar-refractivity contribution < 1.29 is 9.53 Å². The fraction of sp³-hybridized carbons (Fsp3) is 0.421. The number of thiophene rings is 1. The molecule has 2 aliphatic heterocycles. The number of hydrogen-bond acceptors (Lipinski definition) is 5. The molecule has 0 fully saturated rings. The fourth-order valence-electron chi connectivity index (χ4n) is 3.68. The molecule has 1 atom stereocenters. The summed E-state index contributed by atoms with van der Waals surface area (Å²) in [5, 5.41) is 7.61. The lowest BCUT2D eigenvalue weighted by Crippen LogP contribution is -2.39. The van der Waals surface area contributed by atoms with Gasteiger partial charge in [0.15, 0.2) is 0 Å². The summed E-state index contributed by atoms with van der Waals surface area (Å²) in [5.41, 5.74) is 3.01. The van der Waals surface area contributed by atoms with Crippen LogP contribution in [0.1, 0.15) is 46.4 Å². The lowest BCUT2D eigenvalue weighted by atomic mass is 9.99. The molecule has 1 amide bonds. The second-order valence-electron chi connectivity index (χ2n) is 7.09.